The van der Waals surface area contributed by atoms with E-state index in [4.69, 9.17) is 34.5 Å². The number of fused-ring (bicyclic) bond motifs is 4. The quantitative estimate of drug-likeness (QED) is 0.0924. The average Bonchev–Trinajstić information content (AvgIpc) is 1.42. The first-order chi connectivity index (χ1) is 51.8. The molecule has 0 radical (unpaired) electrons. The Bertz CT molecular complexity index is 6240. The molecule has 17 rings (SSSR count). The van der Waals surface area contributed by atoms with E-state index in [-0.39, 0.29) is 85.0 Å². The van der Waals surface area contributed by atoms with Crippen molar-refractivity contribution in [2.75, 3.05) is 22.9 Å². The number of aryl methyl sites for hydroxylation is 3. The Morgan fingerprint density at radius 3 is 1.35 bits per heavy atom. The van der Waals surface area contributed by atoms with Crippen molar-refractivity contribution < 1.29 is 35.1 Å². The summed E-state index contributed by atoms with van der Waals surface area (Å²) in [5.74, 6) is -2.38. The first-order valence-electron chi connectivity index (χ1n) is 32.9. The number of benzene rings is 4. The van der Waals surface area contributed by atoms with Gasteiger partial charge in [-0.3, -0.25) is 32.4 Å². The van der Waals surface area contributed by atoms with Gasteiger partial charge in [0.05, 0.1) is 50.1 Å². The second-order valence-corrected chi connectivity index (χ2v) is 25.5. The van der Waals surface area contributed by atoms with E-state index in [9.17, 15) is 39.9 Å². The predicted octanol–water partition coefficient (Wildman–Crippen LogP) is 14.3. The number of nitrogens with zero attached hydrogens (tertiary/aromatic N) is 20. The van der Waals surface area contributed by atoms with Crippen molar-refractivity contribution in [3.05, 3.63) is 244 Å². The summed E-state index contributed by atoms with van der Waals surface area (Å²) in [7, 11) is 0. The smallest absolute Gasteiger partial charge is 0.369 e. The Morgan fingerprint density at radius 1 is 0.454 bits per heavy atom. The molecule has 0 spiro atoms. The number of alkyl halides is 3. The van der Waals surface area contributed by atoms with Crippen LogP contribution in [0, 0.1) is 49.9 Å². The molecular formula is C74H57ClF8N24O. The van der Waals surface area contributed by atoms with Gasteiger partial charge in [-0.15, -0.1) is 40.8 Å². The third-order valence-corrected chi connectivity index (χ3v) is 17.6. The number of aromatic nitrogens is 20. The van der Waals surface area contributed by atoms with Crippen molar-refractivity contribution in [3.8, 4) is 89.5 Å². The van der Waals surface area contributed by atoms with Gasteiger partial charge in [-0.2, -0.15) is 13.2 Å². The Labute approximate surface area is 610 Å². The molecule has 1 fully saturated rings. The normalized spacial score (nSPS) is 12.1. The number of nitrogen functional groups attached to an aromatic ring is 4. The minimum Gasteiger partial charge on any atom is -0.369 e. The largest absolute Gasteiger partial charge is 0.433 e. The Hall–Kier alpha value is -13.6. The van der Waals surface area contributed by atoms with Gasteiger partial charge in [-0.05, 0) is 149 Å². The summed E-state index contributed by atoms with van der Waals surface area (Å²) < 4.78 is 117. The fraction of sp³-hybridized carbons (Fsp3) is 0.135. The molecule has 0 saturated heterocycles. The molecule has 108 heavy (non-hydrogen) atoms. The van der Waals surface area contributed by atoms with Crippen molar-refractivity contribution >= 4 is 58.0 Å². The molecule has 1 saturated carbocycles. The molecule has 0 unspecified atom stereocenters. The minimum absolute atomic E-state index is 0.00837. The molecule has 34 heteroatoms. The lowest BCUT2D eigenvalue weighted by Crippen LogP contribution is -2.20. The molecule has 12 aromatic heterocycles. The summed E-state index contributed by atoms with van der Waals surface area (Å²) in [5, 5.41) is 32.1. The van der Waals surface area contributed by atoms with Crippen LogP contribution in [0.2, 0.25) is 5.02 Å². The van der Waals surface area contributed by atoms with Crippen LogP contribution >= 0.6 is 11.6 Å². The molecule has 542 valence electrons. The minimum atomic E-state index is -4.65. The lowest BCUT2D eigenvalue weighted by Gasteiger charge is -2.15. The maximum Gasteiger partial charge on any atom is 0.433 e. The third-order valence-electron chi connectivity index (χ3n) is 17.3. The lowest BCUT2D eigenvalue weighted by molar-refractivity contribution is -0.141. The molecule has 25 nitrogen and oxygen atoms in total. The van der Waals surface area contributed by atoms with Crippen molar-refractivity contribution in [1.29, 1.82) is 0 Å². The van der Waals surface area contributed by atoms with Crippen molar-refractivity contribution in [2.45, 2.75) is 65.6 Å². The molecule has 0 bridgehead atoms. The standard InChI is InChI=1S/C20H16F2N6.C19H18N6O.C18H11ClF4N6.C17H12F2N6/c1-10-6-12(7-16(25-10)11-2-3-11)17-18(14-5-4-13(21)8-15(14)22)26-20(23)28-9-24-27-19(17)28;1-12(2)24-10-14(8-9-15(24)26)16-17(13-6-4-3-5-7-13)22-19(20)25-11-21-23-18(16)25;1-8-4-9(5-13(26-8)18(21,22)23)14-15(11-3-2-10(20)6-12(11)19)27-17(24)29-7-25-28-16(14)29;1-9-6-10(4-5-21-9)14-15(12-3-2-11(18)7-13(12)19)23-17(20)25-8-22-24-16(14)25/h4-9,11H,2-3H2,1H3,(H2,23,26);3-12H,1-2H3,(H2,20,22);2-7H,1H3,(H2,24,27);2-8H,1H3,(H2,20,23). The van der Waals surface area contributed by atoms with E-state index in [1.807, 2.05) is 82.4 Å². The van der Waals surface area contributed by atoms with E-state index in [0.717, 1.165) is 88.1 Å². The summed E-state index contributed by atoms with van der Waals surface area (Å²) >= 11 is 6.18. The summed E-state index contributed by atoms with van der Waals surface area (Å²) in [6, 6.07) is 33.3. The zero-order valence-corrected chi connectivity index (χ0v) is 58.1. The van der Waals surface area contributed by atoms with E-state index < -0.39 is 41.0 Å². The zero-order valence-electron chi connectivity index (χ0n) is 57.3. The summed E-state index contributed by atoms with van der Waals surface area (Å²) in [4.78, 5) is 42.1. The van der Waals surface area contributed by atoms with Crippen LogP contribution < -0.4 is 28.5 Å². The van der Waals surface area contributed by atoms with Crippen LogP contribution in [0.3, 0.4) is 0 Å². The molecular weight excluding hydrogens is 1430 g/mol. The van der Waals surface area contributed by atoms with Gasteiger partial charge >= 0.3 is 6.18 Å². The predicted molar refractivity (Wildman–Crippen MR) is 388 cm³/mol. The van der Waals surface area contributed by atoms with E-state index >= 15 is 0 Å². The number of rotatable bonds is 10. The van der Waals surface area contributed by atoms with Gasteiger partial charge < -0.3 is 27.5 Å². The van der Waals surface area contributed by atoms with Gasteiger partial charge in [0.25, 0.3) is 5.56 Å². The second-order valence-electron chi connectivity index (χ2n) is 25.1. The number of anilines is 4. The SMILES string of the molecule is CC(C)n1cc(-c2c(-c3ccccc3)nc(N)n3cnnc23)ccc1=O.Cc1cc(-c2c(-c3ccc(F)cc3Cl)nc(N)n3cnnc23)cc(C(F)(F)F)n1.Cc1cc(-c2c(-c3ccc(F)cc3F)nc(N)n3cnnc23)cc(C2CC2)n1.Cc1cc(-c2c(-c3ccc(F)cc3F)nc(N)n3cnnc23)ccn1. The van der Waals surface area contributed by atoms with Crippen LogP contribution in [0.5, 0.6) is 0 Å². The maximum absolute atomic E-state index is 14.6. The van der Waals surface area contributed by atoms with Crippen molar-refractivity contribution in [2.24, 2.45) is 0 Å². The molecule has 8 N–H and O–H groups in total. The van der Waals surface area contributed by atoms with Crippen molar-refractivity contribution in [3.63, 3.8) is 0 Å². The monoisotopic (exact) mass is 1480 g/mol. The Balaban J connectivity index is 0.000000121. The summed E-state index contributed by atoms with van der Waals surface area (Å²) in [5.41, 5.74) is 34.9. The molecule has 1 aliphatic rings. The van der Waals surface area contributed by atoms with Crippen LogP contribution in [0.25, 0.3) is 112 Å². The first-order valence-corrected chi connectivity index (χ1v) is 33.2. The number of pyridine rings is 4. The topological polar surface area (TPSA) is 337 Å². The molecule has 4 aromatic carbocycles. The zero-order chi connectivity index (χ0) is 76.1. The number of halogens is 9. The molecule has 1 aliphatic carbocycles. The van der Waals surface area contributed by atoms with Gasteiger partial charge in [0.1, 0.15) is 60.1 Å². The number of hydrogen-bond acceptors (Lipinski definition) is 20. The van der Waals surface area contributed by atoms with E-state index in [1.54, 1.807) is 37.8 Å². The van der Waals surface area contributed by atoms with E-state index in [1.165, 1.54) is 77.4 Å². The van der Waals surface area contributed by atoms with Crippen LogP contribution in [0.15, 0.2) is 176 Å². The van der Waals surface area contributed by atoms with Crippen LogP contribution in [-0.2, 0) is 6.18 Å². The molecule has 12 heterocycles. The van der Waals surface area contributed by atoms with E-state index in [0.29, 0.717) is 51.3 Å². The Kier molecular flexibility index (Phi) is 19.0. The summed E-state index contributed by atoms with van der Waals surface area (Å²) in [6.07, 6.45) is 6.75. The molecule has 0 amide bonds. The fourth-order valence-corrected chi connectivity index (χ4v) is 12.5. The van der Waals surface area contributed by atoms with E-state index in [2.05, 4.69) is 75.7 Å². The highest BCUT2D eigenvalue weighted by molar-refractivity contribution is 6.33. The van der Waals surface area contributed by atoms with Gasteiger partial charge in [-0.25, -0.2) is 46.9 Å². The van der Waals surface area contributed by atoms with Gasteiger partial charge in [0.2, 0.25) is 23.8 Å². The highest BCUT2D eigenvalue weighted by atomic mass is 35.5. The number of hydrogen-bond donors (Lipinski definition) is 4. The highest BCUT2D eigenvalue weighted by Gasteiger charge is 2.35. The summed E-state index contributed by atoms with van der Waals surface area (Å²) in [6.45, 7) is 9.13. The fourth-order valence-electron chi connectivity index (χ4n) is 12.3. The van der Waals surface area contributed by atoms with Gasteiger partial charge in [0.15, 0.2) is 22.6 Å². The lowest BCUT2D eigenvalue weighted by atomic mass is 9.98. The van der Waals surface area contributed by atoms with Crippen molar-refractivity contribution in [1.82, 2.24) is 97.8 Å². The van der Waals surface area contributed by atoms with Crippen LogP contribution in [0.4, 0.5) is 58.9 Å². The molecule has 0 atom stereocenters. The third kappa shape index (κ3) is 14.2. The first kappa shape index (κ1) is 71.4. The highest BCUT2D eigenvalue weighted by Crippen LogP contribution is 2.45. The molecule has 0 aliphatic heterocycles. The maximum atomic E-state index is 14.6. The second kappa shape index (κ2) is 28.8. The van der Waals surface area contributed by atoms with Gasteiger partial charge in [0, 0.05) is 93.1 Å². The van der Waals surface area contributed by atoms with Crippen LogP contribution in [-0.4, -0.2) is 97.8 Å². The van der Waals surface area contributed by atoms with Crippen LogP contribution in [0.1, 0.15) is 67.1 Å². The Morgan fingerprint density at radius 2 is 0.889 bits per heavy atom. The number of nitrogens with two attached hydrogens (primary N) is 4. The average molecular weight is 1490 g/mol. The van der Waals surface area contributed by atoms with Gasteiger partial charge in [-0.1, -0.05) is 41.9 Å². The molecule has 16 aromatic rings.